The average Bonchev–Trinajstić information content (AvgIpc) is 2.69. The van der Waals surface area contributed by atoms with Crippen LogP contribution < -0.4 is 4.90 Å². The molecule has 0 bridgehead atoms. The molecule has 1 unspecified atom stereocenters. The van der Waals surface area contributed by atoms with Crippen molar-refractivity contribution in [3.8, 4) is 0 Å². The van der Waals surface area contributed by atoms with Crippen molar-refractivity contribution in [1.82, 2.24) is 9.97 Å². The van der Waals surface area contributed by atoms with E-state index in [2.05, 4.69) is 48.6 Å². The summed E-state index contributed by atoms with van der Waals surface area (Å²) < 4.78 is 0. The molecule has 1 atom stereocenters. The van der Waals surface area contributed by atoms with Gasteiger partial charge < -0.3 is 4.90 Å². The Labute approximate surface area is 117 Å². The Kier molecular flexibility index (Phi) is 4.07. The van der Waals surface area contributed by atoms with Crippen LogP contribution in [-0.2, 0) is 0 Å². The van der Waals surface area contributed by atoms with Crippen molar-refractivity contribution < 1.29 is 0 Å². The highest BCUT2D eigenvalue weighted by atomic mass is 35.5. The average molecular weight is 284 g/mol. The van der Waals surface area contributed by atoms with E-state index in [4.69, 9.17) is 11.6 Å². The topological polar surface area (TPSA) is 29.0 Å². The molecule has 0 aromatic carbocycles. The molecule has 0 fully saturated rings. The monoisotopic (exact) mass is 283 g/mol. The molecule has 2 heterocycles. The number of hydrogen-bond acceptors (Lipinski definition) is 4. The molecule has 2 aromatic rings. The molecule has 0 spiro atoms. The summed E-state index contributed by atoms with van der Waals surface area (Å²) in [6.45, 7) is 9.56. The summed E-state index contributed by atoms with van der Waals surface area (Å²) >= 11 is 7.71. The normalized spacial score (nSPS) is 12.9. The van der Waals surface area contributed by atoms with Crippen LogP contribution >= 0.6 is 22.9 Å². The van der Waals surface area contributed by atoms with E-state index in [0.717, 1.165) is 29.0 Å². The van der Waals surface area contributed by atoms with E-state index in [1.807, 2.05) is 0 Å². The lowest BCUT2D eigenvalue weighted by Gasteiger charge is -2.28. The van der Waals surface area contributed by atoms with Crippen molar-refractivity contribution in [2.45, 2.75) is 40.2 Å². The molecule has 98 valence electrons. The van der Waals surface area contributed by atoms with Crippen LogP contribution in [0.15, 0.2) is 6.07 Å². The Bertz CT molecular complexity index is 552. The molecule has 0 N–H and O–H groups in total. The maximum atomic E-state index is 6.04. The number of fused-ring (bicyclic) bond motifs is 1. The predicted octanol–water partition coefficient (Wildman–Crippen LogP) is 4.28. The van der Waals surface area contributed by atoms with Crippen LogP contribution in [0.3, 0.4) is 0 Å². The Balaban J connectivity index is 2.60. The minimum Gasteiger partial charge on any atom is -0.354 e. The lowest BCUT2D eigenvalue weighted by atomic mass is 10.2. The first-order valence-corrected chi connectivity index (χ1v) is 7.46. The van der Waals surface area contributed by atoms with E-state index in [-0.39, 0.29) is 0 Å². The molecular weight excluding hydrogens is 266 g/mol. The molecule has 0 aliphatic rings. The number of thiophene rings is 1. The Morgan fingerprint density at radius 1 is 1.39 bits per heavy atom. The highest BCUT2D eigenvalue weighted by Gasteiger charge is 2.18. The lowest BCUT2D eigenvalue weighted by molar-refractivity contribution is 0.625. The van der Waals surface area contributed by atoms with Gasteiger partial charge in [-0.1, -0.05) is 6.92 Å². The van der Waals surface area contributed by atoms with Crippen LogP contribution in [0.5, 0.6) is 0 Å². The summed E-state index contributed by atoms with van der Waals surface area (Å²) in [6.07, 6.45) is 1.08. The second-order valence-corrected chi connectivity index (χ2v) is 6.01. The number of aromatic nitrogens is 2. The molecule has 0 saturated heterocycles. The van der Waals surface area contributed by atoms with Gasteiger partial charge in [0.2, 0.25) is 5.28 Å². The minimum absolute atomic E-state index is 0.334. The van der Waals surface area contributed by atoms with E-state index in [9.17, 15) is 0 Å². The van der Waals surface area contributed by atoms with Crippen molar-refractivity contribution in [3.05, 3.63) is 16.2 Å². The quantitative estimate of drug-likeness (QED) is 0.784. The number of aryl methyl sites for hydroxylation is 1. The maximum absolute atomic E-state index is 6.04. The number of hydrogen-bond donors (Lipinski definition) is 0. The molecule has 0 aliphatic heterocycles. The molecule has 0 radical (unpaired) electrons. The van der Waals surface area contributed by atoms with Crippen molar-refractivity contribution in [1.29, 1.82) is 0 Å². The summed E-state index contributed by atoms with van der Waals surface area (Å²) in [4.78, 5) is 13.3. The number of nitrogens with zero attached hydrogens (tertiary/aromatic N) is 3. The Morgan fingerprint density at radius 2 is 2.11 bits per heavy atom. The van der Waals surface area contributed by atoms with Crippen molar-refractivity contribution in [2.24, 2.45) is 0 Å². The zero-order chi connectivity index (χ0) is 13.3. The highest BCUT2D eigenvalue weighted by Crippen LogP contribution is 2.32. The zero-order valence-electron chi connectivity index (χ0n) is 11.2. The second-order valence-electron chi connectivity index (χ2n) is 4.44. The third-order valence-corrected chi connectivity index (χ3v) is 4.32. The number of halogens is 1. The molecule has 0 saturated carbocycles. The first-order chi connectivity index (χ1) is 8.56. The first-order valence-electron chi connectivity index (χ1n) is 6.27. The molecule has 0 aliphatic carbocycles. The standard InChI is InChI=1S/C13H18ClN3S/c1-5-8(3)17(6-2)11-10-7-9(4)18-12(10)16-13(14)15-11/h7-8H,5-6H2,1-4H3. The maximum Gasteiger partial charge on any atom is 0.225 e. The fourth-order valence-corrected chi connectivity index (χ4v) is 3.20. The van der Waals surface area contributed by atoms with Crippen molar-refractivity contribution >= 4 is 39.0 Å². The van der Waals surface area contributed by atoms with E-state index in [0.29, 0.717) is 11.3 Å². The zero-order valence-corrected chi connectivity index (χ0v) is 12.8. The summed E-state index contributed by atoms with van der Waals surface area (Å²) in [5.74, 6) is 0.964. The fourth-order valence-electron chi connectivity index (χ4n) is 2.11. The SMILES string of the molecule is CCC(C)N(CC)c1nc(Cl)nc2sc(C)cc12. The van der Waals surface area contributed by atoms with Gasteiger partial charge in [0.1, 0.15) is 10.6 Å². The minimum atomic E-state index is 0.334. The van der Waals surface area contributed by atoms with E-state index < -0.39 is 0 Å². The Morgan fingerprint density at radius 3 is 2.72 bits per heavy atom. The van der Waals surface area contributed by atoms with Crippen LogP contribution in [0.2, 0.25) is 5.28 Å². The van der Waals surface area contributed by atoms with Gasteiger partial charge in [0.15, 0.2) is 0 Å². The number of anilines is 1. The summed E-state index contributed by atoms with van der Waals surface area (Å²) in [5.41, 5.74) is 0. The molecule has 2 rings (SSSR count). The largest absolute Gasteiger partial charge is 0.354 e. The molecule has 2 aromatic heterocycles. The fraction of sp³-hybridized carbons (Fsp3) is 0.538. The van der Waals surface area contributed by atoms with Crippen molar-refractivity contribution in [2.75, 3.05) is 11.4 Å². The van der Waals surface area contributed by atoms with Gasteiger partial charge in [0.25, 0.3) is 0 Å². The summed E-state index contributed by atoms with van der Waals surface area (Å²) in [6, 6.07) is 2.60. The third-order valence-electron chi connectivity index (χ3n) is 3.20. The smallest absolute Gasteiger partial charge is 0.225 e. The summed E-state index contributed by atoms with van der Waals surface area (Å²) in [7, 11) is 0. The van der Waals surface area contributed by atoms with Crippen molar-refractivity contribution in [3.63, 3.8) is 0 Å². The predicted molar refractivity (Wildman–Crippen MR) is 79.9 cm³/mol. The van der Waals surface area contributed by atoms with E-state index in [1.165, 1.54) is 4.88 Å². The van der Waals surface area contributed by atoms with Gasteiger partial charge in [0, 0.05) is 17.5 Å². The van der Waals surface area contributed by atoms with Crippen LogP contribution in [0, 0.1) is 6.92 Å². The molecule has 0 amide bonds. The van der Waals surface area contributed by atoms with Gasteiger partial charge in [-0.15, -0.1) is 11.3 Å². The van der Waals surface area contributed by atoms with Crippen LogP contribution in [0.1, 0.15) is 32.1 Å². The Hall–Kier alpha value is -0.870. The van der Waals surface area contributed by atoms with E-state index >= 15 is 0 Å². The van der Waals surface area contributed by atoms with Crippen LogP contribution in [-0.4, -0.2) is 22.6 Å². The van der Waals surface area contributed by atoms with Gasteiger partial charge in [-0.05, 0) is 44.9 Å². The van der Waals surface area contributed by atoms with E-state index in [1.54, 1.807) is 11.3 Å². The van der Waals surface area contributed by atoms with Gasteiger partial charge in [-0.25, -0.2) is 4.98 Å². The molecule has 5 heteroatoms. The van der Waals surface area contributed by atoms with Crippen LogP contribution in [0.25, 0.3) is 10.2 Å². The second kappa shape index (κ2) is 5.41. The van der Waals surface area contributed by atoms with Gasteiger partial charge in [-0.3, -0.25) is 0 Å². The lowest BCUT2D eigenvalue weighted by Crippen LogP contribution is -2.33. The highest BCUT2D eigenvalue weighted by molar-refractivity contribution is 7.18. The number of rotatable bonds is 4. The molecule has 3 nitrogen and oxygen atoms in total. The van der Waals surface area contributed by atoms with Gasteiger partial charge >= 0.3 is 0 Å². The van der Waals surface area contributed by atoms with Gasteiger partial charge in [0.05, 0.1) is 5.39 Å². The molecule has 18 heavy (non-hydrogen) atoms. The summed E-state index contributed by atoms with van der Waals surface area (Å²) in [5, 5.41) is 1.45. The van der Waals surface area contributed by atoms with Crippen LogP contribution in [0.4, 0.5) is 5.82 Å². The van der Waals surface area contributed by atoms with Gasteiger partial charge in [-0.2, -0.15) is 4.98 Å². The molecular formula is C13H18ClN3S. The first kappa shape index (κ1) is 13.6. The third kappa shape index (κ3) is 2.45.